The Labute approximate surface area is 123 Å². The van der Waals surface area contributed by atoms with Gasteiger partial charge in [-0.15, -0.1) is 11.8 Å². The Morgan fingerprint density at radius 3 is 2.65 bits per heavy atom. The molecule has 0 amide bonds. The minimum atomic E-state index is -2.91. The van der Waals surface area contributed by atoms with Crippen molar-refractivity contribution < 1.29 is 12.8 Å². The lowest BCUT2D eigenvalue weighted by Gasteiger charge is -2.06. The summed E-state index contributed by atoms with van der Waals surface area (Å²) >= 11 is 1.53. The number of nitrogens with zero attached hydrogens (tertiary/aromatic N) is 1. The molecule has 0 saturated carbocycles. The molecular weight excluding hydrogens is 294 g/mol. The number of thioether (sulfide) groups is 1. The van der Waals surface area contributed by atoms with Crippen LogP contribution in [-0.4, -0.2) is 31.2 Å². The molecule has 20 heavy (non-hydrogen) atoms. The first kappa shape index (κ1) is 15.1. The summed E-state index contributed by atoms with van der Waals surface area (Å²) in [5.74, 6) is 2.08. The molecule has 1 aromatic heterocycles. The van der Waals surface area contributed by atoms with Crippen LogP contribution >= 0.6 is 11.8 Å². The molecule has 6 heteroatoms. The van der Waals surface area contributed by atoms with Crippen LogP contribution in [0.2, 0.25) is 0 Å². The molecule has 0 aliphatic heterocycles. The highest BCUT2D eigenvalue weighted by Crippen LogP contribution is 2.30. The van der Waals surface area contributed by atoms with Crippen molar-refractivity contribution in [3.8, 4) is 11.3 Å². The first-order chi connectivity index (χ1) is 9.46. The molecule has 2 rings (SSSR count). The summed E-state index contributed by atoms with van der Waals surface area (Å²) in [6, 6.07) is 9.77. The van der Waals surface area contributed by atoms with E-state index in [9.17, 15) is 8.42 Å². The first-order valence-electron chi connectivity index (χ1n) is 6.26. The van der Waals surface area contributed by atoms with E-state index < -0.39 is 9.84 Å². The number of hydrogen-bond donors (Lipinski definition) is 0. The van der Waals surface area contributed by atoms with E-state index in [0.717, 1.165) is 11.3 Å². The van der Waals surface area contributed by atoms with E-state index >= 15 is 0 Å². The third-order valence-corrected chi connectivity index (χ3v) is 5.10. The summed E-state index contributed by atoms with van der Waals surface area (Å²) in [4.78, 5) is 4.27. The van der Waals surface area contributed by atoms with Crippen LogP contribution in [0, 0.1) is 0 Å². The van der Waals surface area contributed by atoms with Gasteiger partial charge in [-0.1, -0.05) is 30.3 Å². The molecule has 0 spiro atoms. The molecular formula is C14H17NO3S2. The van der Waals surface area contributed by atoms with Gasteiger partial charge < -0.3 is 4.42 Å². The van der Waals surface area contributed by atoms with Crippen LogP contribution in [0.3, 0.4) is 0 Å². The largest absolute Gasteiger partial charge is 0.440 e. The van der Waals surface area contributed by atoms with Crippen LogP contribution in [0.15, 0.2) is 40.9 Å². The normalized spacial score (nSPS) is 13.3. The zero-order chi connectivity index (χ0) is 14.6. The van der Waals surface area contributed by atoms with E-state index in [-0.39, 0.29) is 11.0 Å². The SMILES string of the molecule is C[C@@H](SCCS(C)(=O)=O)c1ncc(-c2ccccc2)o1. The molecule has 2 aromatic rings. The van der Waals surface area contributed by atoms with Crippen molar-refractivity contribution in [3.05, 3.63) is 42.4 Å². The van der Waals surface area contributed by atoms with E-state index in [2.05, 4.69) is 4.98 Å². The average Bonchev–Trinajstić information content (AvgIpc) is 2.88. The Hall–Kier alpha value is -1.27. The number of benzene rings is 1. The standard InChI is InChI=1S/C14H17NO3S2/c1-11(19-8-9-20(2,16)17)14-15-10-13(18-14)12-6-4-3-5-7-12/h3-7,10-11H,8-9H2,1-2H3/t11-/m1/s1. The molecule has 0 aliphatic carbocycles. The topological polar surface area (TPSA) is 60.2 Å². The Kier molecular flexibility index (Phi) is 4.88. The van der Waals surface area contributed by atoms with Gasteiger partial charge in [-0.05, 0) is 6.92 Å². The molecule has 0 unspecified atom stereocenters. The third kappa shape index (κ3) is 4.38. The number of aromatic nitrogens is 1. The Morgan fingerprint density at radius 1 is 1.30 bits per heavy atom. The average molecular weight is 311 g/mol. The van der Waals surface area contributed by atoms with E-state index in [0.29, 0.717) is 11.6 Å². The molecule has 1 atom stereocenters. The van der Waals surface area contributed by atoms with Gasteiger partial charge in [0.2, 0.25) is 5.89 Å². The Morgan fingerprint density at radius 2 is 2.00 bits per heavy atom. The van der Waals surface area contributed by atoms with Crippen LogP contribution < -0.4 is 0 Å². The van der Waals surface area contributed by atoms with Crippen LogP contribution in [0.4, 0.5) is 0 Å². The van der Waals surface area contributed by atoms with Gasteiger partial charge in [0.25, 0.3) is 0 Å². The van der Waals surface area contributed by atoms with Crippen molar-refractivity contribution in [2.75, 3.05) is 17.8 Å². The zero-order valence-corrected chi connectivity index (χ0v) is 13.1. The summed E-state index contributed by atoms with van der Waals surface area (Å²) in [6.07, 6.45) is 2.95. The van der Waals surface area contributed by atoms with Gasteiger partial charge in [0.05, 0.1) is 17.2 Å². The smallest absolute Gasteiger partial charge is 0.207 e. The first-order valence-corrected chi connectivity index (χ1v) is 9.37. The molecule has 108 valence electrons. The van der Waals surface area contributed by atoms with Gasteiger partial charge in [0.15, 0.2) is 5.76 Å². The summed E-state index contributed by atoms with van der Waals surface area (Å²) < 4.78 is 27.9. The minimum Gasteiger partial charge on any atom is -0.440 e. The fourth-order valence-electron chi connectivity index (χ4n) is 1.66. The fraction of sp³-hybridized carbons (Fsp3) is 0.357. The van der Waals surface area contributed by atoms with Crippen molar-refractivity contribution in [3.63, 3.8) is 0 Å². The number of rotatable bonds is 6. The van der Waals surface area contributed by atoms with Crippen molar-refractivity contribution in [2.24, 2.45) is 0 Å². The van der Waals surface area contributed by atoms with Gasteiger partial charge in [0, 0.05) is 17.6 Å². The molecule has 1 heterocycles. The lowest BCUT2D eigenvalue weighted by molar-refractivity contribution is 0.510. The summed E-state index contributed by atoms with van der Waals surface area (Å²) in [5.41, 5.74) is 0.986. The minimum absolute atomic E-state index is 0.0363. The quantitative estimate of drug-likeness (QED) is 0.820. The molecule has 4 nitrogen and oxygen atoms in total. The lowest BCUT2D eigenvalue weighted by Crippen LogP contribution is -2.06. The van der Waals surface area contributed by atoms with E-state index in [1.807, 2.05) is 37.3 Å². The highest BCUT2D eigenvalue weighted by Gasteiger charge is 2.14. The Bertz CT molecular complexity index is 650. The zero-order valence-electron chi connectivity index (χ0n) is 11.4. The molecule has 0 bridgehead atoms. The van der Waals surface area contributed by atoms with Gasteiger partial charge in [-0.2, -0.15) is 0 Å². The van der Waals surface area contributed by atoms with Crippen LogP contribution in [0.25, 0.3) is 11.3 Å². The van der Waals surface area contributed by atoms with E-state index in [1.54, 1.807) is 6.20 Å². The maximum absolute atomic E-state index is 11.1. The van der Waals surface area contributed by atoms with Crippen molar-refractivity contribution in [2.45, 2.75) is 12.2 Å². The van der Waals surface area contributed by atoms with Crippen molar-refractivity contribution >= 4 is 21.6 Å². The van der Waals surface area contributed by atoms with Gasteiger partial charge in [0.1, 0.15) is 9.84 Å². The number of sulfone groups is 1. The maximum atomic E-state index is 11.1. The summed E-state index contributed by atoms with van der Waals surface area (Å²) in [5, 5.41) is 0.0363. The van der Waals surface area contributed by atoms with E-state index in [4.69, 9.17) is 4.42 Å². The maximum Gasteiger partial charge on any atom is 0.207 e. The molecule has 0 radical (unpaired) electrons. The molecule has 0 N–H and O–H groups in total. The molecule has 1 aromatic carbocycles. The van der Waals surface area contributed by atoms with Gasteiger partial charge in [-0.3, -0.25) is 0 Å². The van der Waals surface area contributed by atoms with Crippen LogP contribution in [-0.2, 0) is 9.84 Å². The second-order valence-electron chi connectivity index (χ2n) is 4.57. The highest BCUT2D eigenvalue weighted by atomic mass is 32.2. The second-order valence-corrected chi connectivity index (χ2v) is 8.28. The van der Waals surface area contributed by atoms with E-state index in [1.165, 1.54) is 18.0 Å². The lowest BCUT2D eigenvalue weighted by atomic mass is 10.2. The Balaban J connectivity index is 1.98. The fourth-order valence-corrected chi connectivity index (χ4v) is 3.86. The second kappa shape index (κ2) is 6.45. The molecule has 0 fully saturated rings. The number of hydrogen-bond acceptors (Lipinski definition) is 5. The predicted molar refractivity (Wildman–Crippen MR) is 82.5 cm³/mol. The van der Waals surface area contributed by atoms with Gasteiger partial charge >= 0.3 is 0 Å². The summed E-state index contributed by atoms with van der Waals surface area (Å²) in [6.45, 7) is 1.97. The molecule has 0 aliphatic rings. The van der Waals surface area contributed by atoms with Crippen LogP contribution in [0.1, 0.15) is 18.1 Å². The van der Waals surface area contributed by atoms with Crippen molar-refractivity contribution in [1.82, 2.24) is 4.98 Å². The predicted octanol–water partition coefficient (Wildman–Crippen LogP) is 3.18. The van der Waals surface area contributed by atoms with Crippen LogP contribution in [0.5, 0.6) is 0 Å². The highest BCUT2D eigenvalue weighted by molar-refractivity contribution is 8.00. The summed E-state index contributed by atoms with van der Waals surface area (Å²) in [7, 11) is -2.91. The third-order valence-electron chi connectivity index (χ3n) is 2.75. The monoisotopic (exact) mass is 311 g/mol. The van der Waals surface area contributed by atoms with Crippen molar-refractivity contribution in [1.29, 1.82) is 0 Å². The number of oxazole rings is 1. The molecule has 0 saturated heterocycles. The van der Waals surface area contributed by atoms with Gasteiger partial charge in [-0.25, -0.2) is 13.4 Å².